The van der Waals surface area contributed by atoms with Gasteiger partial charge in [-0.15, -0.1) is 0 Å². The SMILES string of the molecule is CCCCCCCCCCCC(=O)OC[C@H](COP(=O)(O)OC[C@H](O)COP(=O)(O)OC[C@@H](COC(=O)CCCCCCCCCCCCCC(C)C)OC(=O)CCCCCCCCCCCCCCCCC(C)CC)OC(=O)CCCCCCCCCCCCCC(C)C. The molecule has 0 amide bonds. The van der Waals surface area contributed by atoms with Crippen LogP contribution < -0.4 is 0 Å². The summed E-state index contributed by atoms with van der Waals surface area (Å²) < 4.78 is 68.5. The highest BCUT2D eigenvalue weighted by atomic mass is 31.2. The van der Waals surface area contributed by atoms with Gasteiger partial charge in [-0.1, -0.05) is 337 Å². The molecule has 564 valence electrons. The van der Waals surface area contributed by atoms with Crippen molar-refractivity contribution >= 4 is 39.5 Å². The van der Waals surface area contributed by atoms with Crippen molar-refractivity contribution in [2.75, 3.05) is 39.6 Å². The van der Waals surface area contributed by atoms with Crippen LogP contribution in [0.1, 0.15) is 389 Å². The van der Waals surface area contributed by atoms with Crippen LogP contribution in [0, 0.1) is 17.8 Å². The Labute approximate surface area is 581 Å². The topological polar surface area (TPSA) is 237 Å². The molecule has 0 aliphatic carbocycles. The number of aliphatic hydroxyl groups is 1. The molecule has 0 aromatic carbocycles. The van der Waals surface area contributed by atoms with Gasteiger partial charge in [0, 0.05) is 25.7 Å². The number of phosphoric ester groups is 2. The zero-order valence-corrected chi connectivity index (χ0v) is 63.9. The smallest absolute Gasteiger partial charge is 0.462 e. The number of rotatable bonds is 74. The fraction of sp³-hybridized carbons (Fsp3) is 0.947. The lowest BCUT2D eigenvalue weighted by Crippen LogP contribution is -2.30. The molecule has 0 aliphatic rings. The monoisotopic (exact) mass is 1400 g/mol. The predicted octanol–water partition coefficient (Wildman–Crippen LogP) is 22.2. The molecule has 0 rings (SSSR count). The summed E-state index contributed by atoms with van der Waals surface area (Å²) in [5.41, 5.74) is 0. The first-order valence-corrected chi connectivity index (χ1v) is 42.4. The molecule has 95 heavy (non-hydrogen) atoms. The normalized spacial score (nSPS) is 14.4. The van der Waals surface area contributed by atoms with Crippen LogP contribution in [0.25, 0.3) is 0 Å². The number of carbonyl (C=O) groups excluding carboxylic acids is 4. The molecule has 17 nitrogen and oxygen atoms in total. The third kappa shape index (κ3) is 69.0. The van der Waals surface area contributed by atoms with Crippen LogP contribution >= 0.6 is 15.6 Å². The predicted molar refractivity (Wildman–Crippen MR) is 386 cm³/mol. The van der Waals surface area contributed by atoms with Gasteiger partial charge in [0.15, 0.2) is 12.2 Å². The molecule has 0 spiro atoms. The van der Waals surface area contributed by atoms with Gasteiger partial charge in [0.1, 0.15) is 19.3 Å². The van der Waals surface area contributed by atoms with Crippen molar-refractivity contribution in [3.63, 3.8) is 0 Å². The Balaban J connectivity index is 5.24. The first-order valence-electron chi connectivity index (χ1n) is 39.4. The standard InChI is InChI=1S/C76H148O17P2/c1-8-10-11-12-13-26-36-43-50-57-73(78)86-63-71(92-76(81)60-53-46-39-32-25-19-21-28-34-41-48-55-68(5)6)65-90-94(82,83)88-61-70(77)62-89-95(84,85)91-66-72(64-87-74(79)58-51-44-37-30-24-18-20-27-33-40-47-54-67(3)4)93-75(80)59-52-45-38-31-23-17-15-14-16-22-29-35-42-49-56-69(7)9-2/h67-72,77H,8-66H2,1-7H3,(H,82,83)(H,84,85)/t69?,70-,71+,72+/m0/s1. The first-order chi connectivity index (χ1) is 45.8. The van der Waals surface area contributed by atoms with Crippen LogP contribution in [-0.2, 0) is 65.4 Å². The van der Waals surface area contributed by atoms with Crippen LogP contribution in [0.2, 0.25) is 0 Å². The number of unbranched alkanes of at least 4 members (excludes halogenated alkanes) is 41. The van der Waals surface area contributed by atoms with E-state index in [9.17, 15) is 43.2 Å². The highest BCUT2D eigenvalue weighted by molar-refractivity contribution is 7.47. The Morgan fingerprint density at radius 2 is 0.537 bits per heavy atom. The number of phosphoric acid groups is 2. The minimum Gasteiger partial charge on any atom is -0.462 e. The molecule has 3 N–H and O–H groups in total. The highest BCUT2D eigenvalue weighted by Gasteiger charge is 2.30. The number of hydrogen-bond donors (Lipinski definition) is 3. The number of aliphatic hydroxyl groups excluding tert-OH is 1. The number of hydrogen-bond acceptors (Lipinski definition) is 15. The molecule has 19 heteroatoms. The Morgan fingerprint density at radius 1 is 0.305 bits per heavy atom. The van der Waals surface area contributed by atoms with Gasteiger partial charge in [-0.3, -0.25) is 37.3 Å². The summed E-state index contributed by atoms with van der Waals surface area (Å²) in [7, 11) is -9.91. The lowest BCUT2D eigenvalue weighted by Gasteiger charge is -2.21. The van der Waals surface area contributed by atoms with Crippen molar-refractivity contribution in [1.82, 2.24) is 0 Å². The van der Waals surface area contributed by atoms with Crippen molar-refractivity contribution < 1.29 is 80.2 Å². The maximum atomic E-state index is 13.1. The fourth-order valence-corrected chi connectivity index (χ4v) is 13.1. The molecule has 0 saturated carbocycles. The minimum atomic E-state index is -4.96. The molecule has 0 aromatic heterocycles. The lowest BCUT2D eigenvalue weighted by molar-refractivity contribution is -0.161. The lowest BCUT2D eigenvalue weighted by atomic mass is 9.99. The van der Waals surface area contributed by atoms with Crippen LogP contribution in [0.15, 0.2) is 0 Å². The second-order valence-electron chi connectivity index (χ2n) is 28.6. The number of ether oxygens (including phenoxy) is 4. The summed E-state index contributed by atoms with van der Waals surface area (Å²) in [5, 5.41) is 10.6. The second kappa shape index (κ2) is 66.6. The van der Waals surface area contributed by atoms with E-state index < -0.39 is 97.5 Å². The third-order valence-corrected chi connectivity index (χ3v) is 19.9. The van der Waals surface area contributed by atoms with E-state index in [0.29, 0.717) is 25.7 Å². The Morgan fingerprint density at radius 3 is 0.800 bits per heavy atom. The molecule has 0 radical (unpaired) electrons. The summed E-state index contributed by atoms with van der Waals surface area (Å²) in [4.78, 5) is 72.8. The van der Waals surface area contributed by atoms with E-state index in [4.69, 9.17) is 37.0 Å². The van der Waals surface area contributed by atoms with E-state index in [1.54, 1.807) is 0 Å². The van der Waals surface area contributed by atoms with Gasteiger partial charge < -0.3 is 33.8 Å². The molecule has 0 aliphatic heterocycles. The minimum absolute atomic E-state index is 0.106. The van der Waals surface area contributed by atoms with Crippen molar-refractivity contribution in [2.45, 2.75) is 407 Å². The van der Waals surface area contributed by atoms with Gasteiger partial charge in [0.05, 0.1) is 26.4 Å². The van der Waals surface area contributed by atoms with E-state index in [2.05, 4.69) is 48.5 Å². The molecular formula is C76H148O17P2. The van der Waals surface area contributed by atoms with Crippen molar-refractivity contribution in [3.05, 3.63) is 0 Å². The Bertz CT molecular complexity index is 1850. The van der Waals surface area contributed by atoms with Crippen molar-refractivity contribution in [1.29, 1.82) is 0 Å². The average molecular weight is 1400 g/mol. The molecule has 0 heterocycles. The van der Waals surface area contributed by atoms with E-state index in [-0.39, 0.29) is 25.7 Å². The molecule has 0 fully saturated rings. The maximum Gasteiger partial charge on any atom is 0.472 e. The van der Waals surface area contributed by atoms with Crippen LogP contribution in [-0.4, -0.2) is 96.7 Å². The second-order valence-corrected chi connectivity index (χ2v) is 31.5. The molecule has 3 unspecified atom stereocenters. The summed E-state index contributed by atoms with van der Waals surface area (Å²) in [6.07, 6.45) is 52.6. The Kier molecular flexibility index (Phi) is 65.2. The van der Waals surface area contributed by atoms with Gasteiger partial charge >= 0.3 is 39.5 Å². The molecule has 0 bridgehead atoms. The van der Waals surface area contributed by atoms with Crippen LogP contribution in [0.4, 0.5) is 0 Å². The Hall–Kier alpha value is -1.94. The van der Waals surface area contributed by atoms with Gasteiger partial charge in [-0.25, -0.2) is 9.13 Å². The molecule has 0 aromatic rings. The zero-order valence-electron chi connectivity index (χ0n) is 62.1. The van der Waals surface area contributed by atoms with Gasteiger partial charge in [0.2, 0.25) is 0 Å². The average Bonchev–Trinajstić information content (AvgIpc) is 1.40. The third-order valence-electron chi connectivity index (χ3n) is 18.0. The summed E-state index contributed by atoms with van der Waals surface area (Å²) in [6.45, 7) is 11.9. The zero-order chi connectivity index (χ0) is 70.1. The van der Waals surface area contributed by atoms with E-state index in [1.165, 1.54) is 199 Å². The first kappa shape index (κ1) is 93.1. The summed E-state index contributed by atoms with van der Waals surface area (Å²) in [6, 6.07) is 0. The van der Waals surface area contributed by atoms with Crippen molar-refractivity contribution in [2.24, 2.45) is 17.8 Å². The molecular weight excluding hydrogens is 1250 g/mol. The molecule has 0 saturated heterocycles. The largest absolute Gasteiger partial charge is 0.472 e. The van der Waals surface area contributed by atoms with E-state index >= 15 is 0 Å². The van der Waals surface area contributed by atoms with Gasteiger partial charge in [0.25, 0.3) is 0 Å². The quantitative estimate of drug-likeness (QED) is 0.0222. The number of esters is 4. The molecule has 6 atom stereocenters. The van der Waals surface area contributed by atoms with E-state index in [0.717, 1.165) is 108 Å². The maximum absolute atomic E-state index is 13.1. The number of carbonyl (C=O) groups is 4. The van der Waals surface area contributed by atoms with E-state index in [1.807, 2.05) is 0 Å². The van der Waals surface area contributed by atoms with Crippen molar-refractivity contribution in [3.8, 4) is 0 Å². The highest BCUT2D eigenvalue weighted by Crippen LogP contribution is 2.45. The van der Waals surface area contributed by atoms with Crippen LogP contribution in [0.5, 0.6) is 0 Å². The summed E-state index contributed by atoms with van der Waals surface area (Å²) >= 11 is 0. The van der Waals surface area contributed by atoms with Gasteiger partial charge in [-0.2, -0.15) is 0 Å². The van der Waals surface area contributed by atoms with Crippen LogP contribution in [0.3, 0.4) is 0 Å². The van der Waals surface area contributed by atoms with Gasteiger partial charge in [-0.05, 0) is 43.4 Å². The fourth-order valence-electron chi connectivity index (χ4n) is 11.6. The summed E-state index contributed by atoms with van der Waals surface area (Å²) in [5.74, 6) is 0.264.